The highest BCUT2D eigenvalue weighted by Gasteiger charge is 2.29. The molecule has 1 fully saturated rings. The molecule has 1 aliphatic heterocycles. The Bertz CT molecular complexity index is 738. The van der Waals surface area contributed by atoms with Crippen molar-refractivity contribution in [3.8, 4) is 0 Å². The van der Waals surface area contributed by atoms with Crippen molar-refractivity contribution in [1.29, 1.82) is 0 Å². The van der Waals surface area contributed by atoms with Crippen LogP contribution in [-0.4, -0.2) is 52.4 Å². The number of likely N-dealkylation sites (tertiary alicyclic amines) is 1. The number of aryl methyl sites for hydroxylation is 1. The van der Waals surface area contributed by atoms with Gasteiger partial charge in [-0.05, 0) is 59.4 Å². The van der Waals surface area contributed by atoms with Crippen LogP contribution >= 0.6 is 0 Å². The molecule has 1 aromatic heterocycles. The highest BCUT2D eigenvalue weighted by Crippen LogP contribution is 2.22. The Morgan fingerprint density at radius 3 is 2.32 bits per heavy atom. The number of hydrogen-bond acceptors (Lipinski definition) is 4. The number of ketones is 1. The average Bonchev–Trinajstić information content (AvgIpc) is 2.91. The fourth-order valence-electron chi connectivity index (χ4n) is 3.64. The van der Waals surface area contributed by atoms with Gasteiger partial charge in [0, 0.05) is 30.4 Å². The number of carbonyl (C=O) groups is 3. The van der Waals surface area contributed by atoms with E-state index in [4.69, 9.17) is 4.74 Å². The normalized spacial score (nSPS) is 15.4. The number of carbonyl (C=O) groups excluding carboxylic acids is 3. The molecule has 156 valence electrons. The standard InChI is InChI=1S/C21H33N3O4/c1-7-8-16-17(14(3)25)13(2)22-18(16)19(26)23-15-9-11-24(12-10-15)20(27)28-21(4,5)6/h15,22H,7-12H2,1-6H3,(H,23,26). The van der Waals surface area contributed by atoms with Gasteiger partial charge in [-0.15, -0.1) is 0 Å². The van der Waals surface area contributed by atoms with E-state index >= 15 is 0 Å². The summed E-state index contributed by atoms with van der Waals surface area (Å²) in [6.45, 7) is 12.0. The Balaban J connectivity index is 2.01. The zero-order valence-corrected chi connectivity index (χ0v) is 17.9. The second-order valence-corrected chi connectivity index (χ2v) is 8.50. The van der Waals surface area contributed by atoms with E-state index in [-0.39, 0.29) is 23.8 Å². The molecule has 0 aromatic carbocycles. The molecule has 0 saturated carbocycles. The summed E-state index contributed by atoms with van der Waals surface area (Å²) in [6, 6.07) is -0.00922. The van der Waals surface area contributed by atoms with Gasteiger partial charge in [-0.2, -0.15) is 0 Å². The van der Waals surface area contributed by atoms with Crippen LogP contribution in [0.2, 0.25) is 0 Å². The minimum Gasteiger partial charge on any atom is -0.444 e. The number of Topliss-reactive ketones (excluding diaryl/α,β-unsaturated/α-hetero) is 1. The number of piperidine rings is 1. The monoisotopic (exact) mass is 391 g/mol. The van der Waals surface area contributed by atoms with Crippen LogP contribution in [0.4, 0.5) is 4.79 Å². The van der Waals surface area contributed by atoms with Crippen molar-refractivity contribution in [3.05, 3.63) is 22.5 Å². The number of nitrogens with one attached hydrogen (secondary N) is 2. The molecule has 0 spiro atoms. The van der Waals surface area contributed by atoms with Crippen molar-refractivity contribution in [1.82, 2.24) is 15.2 Å². The number of hydrogen-bond donors (Lipinski definition) is 2. The fraction of sp³-hybridized carbons (Fsp3) is 0.667. The number of rotatable bonds is 5. The molecule has 7 nitrogen and oxygen atoms in total. The molecule has 0 unspecified atom stereocenters. The van der Waals surface area contributed by atoms with Crippen LogP contribution in [-0.2, 0) is 11.2 Å². The lowest BCUT2D eigenvalue weighted by atomic mass is 10.00. The van der Waals surface area contributed by atoms with Gasteiger partial charge in [-0.3, -0.25) is 9.59 Å². The van der Waals surface area contributed by atoms with Gasteiger partial charge in [-0.1, -0.05) is 13.3 Å². The Hall–Kier alpha value is -2.31. The van der Waals surface area contributed by atoms with Gasteiger partial charge in [0.2, 0.25) is 0 Å². The maximum Gasteiger partial charge on any atom is 0.410 e. The quantitative estimate of drug-likeness (QED) is 0.750. The summed E-state index contributed by atoms with van der Waals surface area (Å²) in [5.41, 5.74) is 2.14. The Morgan fingerprint density at radius 2 is 1.82 bits per heavy atom. The second-order valence-electron chi connectivity index (χ2n) is 8.50. The fourth-order valence-corrected chi connectivity index (χ4v) is 3.64. The third-order valence-corrected chi connectivity index (χ3v) is 4.85. The van der Waals surface area contributed by atoms with Gasteiger partial charge in [0.15, 0.2) is 5.78 Å². The lowest BCUT2D eigenvalue weighted by Gasteiger charge is -2.33. The molecule has 0 radical (unpaired) electrons. The van der Waals surface area contributed by atoms with E-state index in [1.807, 2.05) is 34.6 Å². The largest absolute Gasteiger partial charge is 0.444 e. The van der Waals surface area contributed by atoms with E-state index < -0.39 is 5.60 Å². The molecule has 2 rings (SSSR count). The van der Waals surface area contributed by atoms with Crippen molar-refractivity contribution >= 4 is 17.8 Å². The Kier molecular flexibility index (Phi) is 6.91. The minimum absolute atomic E-state index is 0.00922. The molecule has 1 aliphatic rings. The molecule has 0 aliphatic carbocycles. The van der Waals surface area contributed by atoms with Crippen molar-refractivity contribution in [2.24, 2.45) is 0 Å². The van der Waals surface area contributed by atoms with Gasteiger partial charge in [0.25, 0.3) is 5.91 Å². The van der Waals surface area contributed by atoms with E-state index in [2.05, 4.69) is 10.3 Å². The summed E-state index contributed by atoms with van der Waals surface area (Å²) in [7, 11) is 0. The van der Waals surface area contributed by atoms with E-state index in [0.717, 1.165) is 17.7 Å². The summed E-state index contributed by atoms with van der Waals surface area (Å²) < 4.78 is 5.41. The third-order valence-electron chi connectivity index (χ3n) is 4.85. The van der Waals surface area contributed by atoms with Crippen LogP contribution in [0.1, 0.15) is 86.0 Å². The Labute approximate surface area is 167 Å². The van der Waals surface area contributed by atoms with Crippen LogP contribution in [0.3, 0.4) is 0 Å². The number of H-pyrrole nitrogens is 1. The van der Waals surface area contributed by atoms with Crippen LogP contribution in [0.5, 0.6) is 0 Å². The lowest BCUT2D eigenvalue weighted by molar-refractivity contribution is 0.0199. The van der Waals surface area contributed by atoms with Crippen LogP contribution in [0.15, 0.2) is 0 Å². The number of ether oxygens (including phenoxy) is 1. The summed E-state index contributed by atoms with van der Waals surface area (Å²) in [5, 5.41) is 3.06. The molecule has 28 heavy (non-hydrogen) atoms. The topological polar surface area (TPSA) is 91.5 Å². The highest BCUT2D eigenvalue weighted by molar-refractivity contribution is 6.02. The molecule has 1 aromatic rings. The average molecular weight is 392 g/mol. The number of aromatic amines is 1. The molecule has 7 heteroatoms. The van der Waals surface area contributed by atoms with Gasteiger partial charge < -0.3 is 19.9 Å². The maximum absolute atomic E-state index is 12.8. The molecule has 2 heterocycles. The first-order valence-electron chi connectivity index (χ1n) is 10.0. The predicted octanol–water partition coefficient (Wildman–Crippen LogP) is 3.61. The van der Waals surface area contributed by atoms with Crippen molar-refractivity contribution in [2.75, 3.05) is 13.1 Å². The number of amides is 2. The van der Waals surface area contributed by atoms with Crippen LogP contribution < -0.4 is 5.32 Å². The molecular formula is C21H33N3O4. The van der Waals surface area contributed by atoms with E-state index in [0.29, 0.717) is 43.6 Å². The maximum atomic E-state index is 12.8. The molecule has 0 bridgehead atoms. The van der Waals surface area contributed by atoms with E-state index in [1.54, 1.807) is 4.90 Å². The van der Waals surface area contributed by atoms with Crippen LogP contribution in [0.25, 0.3) is 0 Å². The van der Waals surface area contributed by atoms with Crippen LogP contribution in [0, 0.1) is 6.92 Å². The smallest absolute Gasteiger partial charge is 0.410 e. The van der Waals surface area contributed by atoms with Gasteiger partial charge >= 0.3 is 6.09 Å². The first-order chi connectivity index (χ1) is 13.0. The van der Waals surface area contributed by atoms with E-state index in [9.17, 15) is 14.4 Å². The van der Waals surface area contributed by atoms with E-state index in [1.165, 1.54) is 6.92 Å². The van der Waals surface area contributed by atoms with Gasteiger partial charge in [0.05, 0.1) is 0 Å². The zero-order chi connectivity index (χ0) is 21.1. The Morgan fingerprint density at radius 1 is 1.21 bits per heavy atom. The SMILES string of the molecule is CCCc1c(C(=O)NC2CCN(C(=O)OC(C)(C)C)CC2)[nH]c(C)c1C(C)=O. The van der Waals surface area contributed by atoms with Crippen molar-refractivity contribution in [3.63, 3.8) is 0 Å². The summed E-state index contributed by atoms with van der Waals surface area (Å²) in [5.74, 6) is -0.211. The molecule has 0 atom stereocenters. The molecule has 1 saturated heterocycles. The summed E-state index contributed by atoms with van der Waals surface area (Å²) >= 11 is 0. The zero-order valence-electron chi connectivity index (χ0n) is 17.9. The van der Waals surface area contributed by atoms with Crippen molar-refractivity contribution < 1.29 is 19.1 Å². The first kappa shape index (κ1) is 22.0. The number of nitrogens with zero attached hydrogens (tertiary/aromatic N) is 1. The molecule has 2 N–H and O–H groups in total. The molecular weight excluding hydrogens is 358 g/mol. The highest BCUT2D eigenvalue weighted by atomic mass is 16.6. The lowest BCUT2D eigenvalue weighted by Crippen LogP contribution is -2.48. The molecule has 2 amide bonds. The first-order valence-corrected chi connectivity index (χ1v) is 10.0. The summed E-state index contributed by atoms with van der Waals surface area (Å²) in [4.78, 5) is 41.8. The van der Waals surface area contributed by atoms with Crippen molar-refractivity contribution in [2.45, 2.75) is 78.9 Å². The minimum atomic E-state index is -0.516. The van der Waals surface area contributed by atoms with Gasteiger partial charge in [-0.25, -0.2) is 4.79 Å². The second kappa shape index (κ2) is 8.80. The number of aromatic nitrogens is 1. The third kappa shape index (κ3) is 5.36. The van der Waals surface area contributed by atoms with Gasteiger partial charge in [0.1, 0.15) is 11.3 Å². The summed E-state index contributed by atoms with van der Waals surface area (Å²) in [6.07, 6.45) is 2.57. The predicted molar refractivity (Wildman–Crippen MR) is 108 cm³/mol.